The summed E-state index contributed by atoms with van der Waals surface area (Å²) in [5.41, 5.74) is -0.434. The largest absolute Gasteiger partial charge is 0.460 e. The Kier molecular flexibility index (Phi) is 13.6. The van der Waals surface area contributed by atoms with E-state index < -0.39 is 5.60 Å². The van der Waals surface area contributed by atoms with Crippen LogP contribution in [0.25, 0.3) is 0 Å². The molecular weight excluding hydrogens is 284 g/mol. The van der Waals surface area contributed by atoms with Crippen LogP contribution >= 0.6 is 0 Å². The minimum atomic E-state index is -0.434. The second-order valence-electron chi connectivity index (χ2n) is 6.23. The van der Waals surface area contributed by atoms with Gasteiger partial charge in [-0.15, -0.1) is 0 Å². The second-order valence-corrected chi connectivity index (χ2v) is 6.23. The number of carbonyl (C=O) groups excluding carboxylic acids is 1. The van der Waals surface area contributed by atoms with Crippen molar-refractivity contribution < 1.29 is 23.7 Å². The number of carbonyl (C=O) groups is 1. The molecule has 0 fully saturated rings. The van der Waals surface area contributed by atoms with Gasteiger partial charge in [0.25, 0.3) is 0 Å². The van der Waals surface area contributed by atoms with Crippen LogP contribution in [0, 0.1) is 0 Å². The first-order valence-electron chi connectivity index (χ1n) is 8.41. The van der Waals surface area contributed by atoms with E-state index in [2.05, 4.69) is 6.92 Å². The lowest BCUT2D eigenvalue weighted by atomic mass is 10.2. The van der Waals surface area contributed by atoms with Crippen molar-refractivity contribution in [1.29, 1.82) is 0 Å². The van der Waals surface area contributed by atoms with Crippen molar-refractivity contribution in [3.8, 4) is 0 Å². The van der Waals surface area contributed by atoms with Crippen molar-refractivity contribution in [3.63, 3.8) is 0 Å². The summed E-state index contributed by atoms with van der Waals surface area (Å²) < 4.78 is 21.3. The first-order valence-corrected chi connectivity index (χ1v) is 8.41. The minimum absolute atomic E-state index is 0.232. The van der Waals surface area contributed by atoms with Gasteiger partial charge in [0.1, 0.15) is 5.60 Å². The highest BCUT2D eigenvalue weighted by atomic mass is 16.6. The molecular formula is C17H34O5. The van der Waals surface area contributed by atoms with E-state index in [0.717, 1.165) is 13.0 Å². The van der Waals surface area contributed by atoms with Crippen molar-refractivity contribution >= 4 is 5.97 Å². The predicted octanol–water partition coefficient (Wildman–Crippen LogP) is 3.35. The molecule has 0 saturated heterocycles. The first kappa shape index (κ1) is 21.4. The summed E-state index contributed by atoms with van der Waals surface area (Å²) in [6, 6.07) is 0. The Labute approximate surface area is 135 Å². The SMILES string of the molecule is CCCCCCOCCOCCOCCC(=O)OC(C)(C)C. The topological polar surface area (TPSA) is 54.0 Å². The maximum absolute atomic E-state index is 11.4. The molecule has 0 aliphatic rings. The zero-order chi connectivity index (χ0) is 16.7. The third-order valence-corrected chi connectivity index (χ3v) is 2.76. The molecule has 0 amide bonds. The number of unbranched alkanes of at least 4 members (excludes halogenated alkanes) is 3. The monoisotopic (exact) mass is 318 g/mol. The average Bonchev–Trinajstić information content (AvgIpc) is 2.42. The molecule has 0 spiro atoms. The van der Waals surface area contributed by atoms with Crippen molar-refractivity contribution in [3.05, 3.63) is 0 Å². The Hall–Kier alpha value is -0.650. The van der Waals surface area contributed by atoms with Gasteiger partial charge in [0.2, 0.25) is 0 Å². The van der Waals surface area contributed by atoms with Gasteiger partial charge in [-0.05, 0) is 27.2 Å². The Bertz CT molecular complexity index is 260. The van der Waals surface area contributed by atoms with Gasteiger partial charge in [0, 0.05) is 6.61 Å². The lowest BCUT2D eigenvalue weighted by Gasteiger charge is -2.19. The summed E-state index contributed by atoms with van der Waals surface area (Å²) in [5.74, 6) is -0.232. The number of hydrogen-bond donors (Lipinski definition) is 0. The normalized spacial score (nSPS) is 11.6. The molecule has 0 N–H and O–H groups in total. The van der Waals surface area contributed by atoms with Crippen molar-refractivity contribution in [1.82, 2.24) is 0 Å². The molecule has 0 unspecified atom stereocenters. The smallest absolute Gasteiger partial charge is 0.308 e. The highest BCUT2D eigenvalue weighted by Gasteiger charge is 2.15. The van der Waals surface area contributed by atoms with Gasteiger partial charge in [0.15, 0.2) is 0 Å². The Balaban J connectivity index is 3.16. The van der Waals surface area contributed by atoms with Crippen molar-refractivity contribution in [2.75, 3.05) is 39.6 Å². The average molecular weight is 318 g/mol. The lowest BCUT2D eigenvalue weighted by Crippen LogP contribution is -2.24. The molecule has 0 aliphatic carbocycles. The molecule has 22 heavy (non-hydrogen) atoms. The van der Waals surface area contributed by atoms with Gasteiger partial charge in [-0.3, -0.25) is 4.79 Å². The zero-order valence-electron chi connectivity index (χ0n) is 14.8. The maximum atomic E-state index is 11.4. The first-order chi connectivity index (χ1) is 10.5. The summed E-state index contributed by atoms with van der Waals surface area (Å²) in [5, 5.41) is 0. The predicted molar refractivity (Wildman–Crippen MR) is 87.1 cm³/mol. The molecule has 0 aliphatic heterocycles. The Morgan fingerprint density at radius 3 is 1.86 bits per heavy atom. The van der Waals surface area contributed by atoms with Gasteiger partial charge < -0.3 is 18.9 Å². The van der Waals surface area contributed by atoms with Gasteiger partial charge in [-0.25, -0.2) is 0 Å². The number of esters is 1. The maximum Gasteiger partial charge on any atom is 0.308 e. The molecule has 5 heteroatoms. The minimum Gasteiger partial charge on any atom is -0.460 e. The quantitative estimate of drug-likeness (QED) is 0.363. The van der Waals surface area contributed by atoms with Gasteiger partial charge >= 0.3 is 5.97 Å². The van der Waals surface area contributed by atoms with E-state index in [4.69, 9.17) is 18.9 Å². The molecule has 0 rings (SSSR count). The van der Waals surface area contributed by atoms with E-state index in [1.165, 1.54) is 19.3 Å². The third kappa shape index (κ3) is 17.4. The highest BCUT2D eigenvalue weighted by Crippen LogP contribution is 2.08. The van der Waals surface area contributed by atoms with Crippen LogP contribution in [-0.4, -0.2) is 51.2 Å². The lowest BCUT2D eigenvalue weighted by molar-refractivity contribution is -0.156. The van der Waals surface area contributed by atoms with Crippen LogP contribution in [0.4, 0.5) is 0 Å². The molecule has 0 radical (unpaired) electrons. The molecule has 0 bridgehead atoms. The third-order valence-electron chi connectivity index (χ3n) is 2.76. The molecule has 0 heterocycles. The van der Waals surface area contributed by atoms with E-state index in [1.54, 1.807) is 0 Å². The summed E-state index contributed by atoms with van der Waals surface area (Å²) in [4.78, 5) is 11.4. The number of ether oxygens (including phenoxy) is 4. The second kappa shape index (κ2) is 14.0. The molecule has 0 atom stereocenters. The van der Waals surface area contributed by atoms with Gasteiger partial charge in [-0.2, -0.15) is 0 Å². The fourth-order valence-electron chi connectivity index (χ4n) is 1.72. The van der Waals surface area contributed by atoms with Crippen LogP contribution in [0.1, 0.15) is 59.8 Å². The Morgan fingerprint density at radius 2 is 1.32 bits per heavy atom. The fourth-order valence-corrected chi connectivity index (χ4v) is 1.72. The summed E-state index contributed by atoms with van der Waals surface area (Å²) in [6.45, 7) is 11.2. The zero-order valence-corrected chi connectivity index (χ0v) is 14.8. The van der Waals surface area contributed by atoms with E-state index in [-0.39, 0.29) is 12.4 Å². The summed E-state index contributed by atoms with van der Waals surface area (Å²) >= 11 is 0. The molecule has 5 nitrogen and oxygen atoms in total. The molecule has 0 aromatic carbocycles. The van der Waals surface area contributed by atoms with Crippen LogP contribution < -0.4 is 0 Å². The number of hydrogen-bond acceptors (Lipinski definition) is 5. The van der Waals surface area contributed by atoms with Crippen LogP contribution in [0.2, 0.25) is 0 Å². The van der Waals surface area contributed by atoms with Crippen molar-refractivity contribution in [2.24, 2.45) is 0 Å². The van der Waals surface area contributed by atoms with E-state index in [1.807, 2.05) is 20.8 Å². The van der Waals surface area contributed by atoms with Crippen LogP contribution in [0.3, 0.4) is 0 Å². The standard InChI is InChI=1S/C17H34O5/c1-5-6-7-8-10-19-12-14-21-15-13-20-11-9-16(18)22-17(2,3)4/h5-15H2,1-4H3. The van der Waals surface area contributed by atoms with Gasteiger partial charge in [-0.1, -0.05) is 26.2 Å². The van der Waals surface area contributed by atoms with E-state index in [9.17, 15) is 4.79 Å². The molecule has 0 aromatic heterocycles. The molecule has 0 aromatic rings. The molecule has 0 saturated carbocycles. The van der Waals surface area contributed by atoms with E-state index in [0.29, 0.717) is 33.0 Å². The van der Waals surface area contributed by atoms with Crippen LogP contribution in [-0.2, 0) is 23.7 Å². The van der Waals surface area contributed by atoms with Crippen molar-refractivity contribution in [2.45, 2.75) is 65.4 Å². The van der Waals surface area contributed by atoms with Crippen LogP contribution in [0.15, 0.2) is 0 Å². The van der Waals surface area contributed by atoms with E-state index >= 15 is 0 Å². The summed E-state index contributed by atoms with van der Waals surface area (Å²) in [6.07, 6.45) is 5.17. The van der Waals surface area contributed by atoms with Crippen LogP contribution in [0.5, 0.6) is 0 Å². The fraction of sp³-hybridized carbons (Fsp3) is 0.941. The number of rotatable bonds is 14. The Morgan fingerprint density at radius 1 is 0.773 bits per heavy atom. The van der Waals surface area contributed by atoms with Gasteiger partial charge in [0.05, 0.1) is 39.5 Å². The molecule has 132 valence electrons. The summed E-state index contributed by atoms with van der Waals surface area (Å²) in [7, 11) is 0. The highest BCUT2D eigenvalue weighted by molar-refractivity contribution is 5.69.